The normalized spacial score (nSPS) is 21.3. The standard InChI is InChI=1S/C8H30O6Si6/c1-9-15-7(16-10-2,17-11-3)8(18-12-4,19-13-5)20-14-6/h15-20H2,1-6H3. The molecule has 0 saturated carbocycles. The van der Waals surface area contributed by atoms with Crippen molar-refractivity contribution in [1.82, 2.24) is 0 Å². The van der Waals surface area contributed by atoms with Crippen molar-refractivity contribution < 1.29 is 26.6 Å². The Morgan fingerprint density at radius 3 is 0.650 bits per heavy atom. The maximum Gasteiger partial charge on any atom is 0.165 e. The third kappa shape index (κ3) is 5.36. The number of hydrogen-bond acceptors (Lipinski definition) is 6. The fourth-order valence-corrected chi connectivity index (χ4v) is 22.8. The molecule has 0 unspecified atom stereocenters. The highest BCUT2D eigenvalue weighted by Gasteiger charge is 2.54. The molecule has 0 aromatic heterocycles. The van der Waals surface area contributed by atoms with Gasteiger partial charge in [-0.05, 0) is 0 Å². The zero-order chi connectivity index (χ0) is 15.5. The smallest absolute Gasteiger partial charge is 0.165 e. The second kappa shape index (κ2) is 11.6. The zero-order valence-electron chi connectivity index (χ0n) is 13.7. The van der Waals surface area contributed by atoms with Crippen LogP contribution in [0.25, 0.3) is 0 Å². The predicted molar refractivity (Wildman–Crippen MR) is 98.7 cm³/mol. The molecule has 0 aliphatic heterocycles. The summed E-state index contributed by atoms with van der Waals surface area (Å²) in [6, 6.07) is 0. The van der Waals surface area contributed by atoms with Crippen molar-refractivity contribution in [1.29, 1.82) is 0 Å². The summed E-state index contributed by atoms with van der Waals surface area (Å²) in [4.78, 5) is 0. The Kier molecular flexibility index (Phi) is 12.2. The maximum atomic E-state index is 5.71. The molecule has 12 heteroatoms. The number of rotatable bonds is 13. The van der Waals surface area contributed by atoms with Gasteiger partial charge in [0.2, 0.25) is 0 Å². The van der Waals surface area contributed by atoms with Gasteiger partial charge < -0.3 is 26.6 Å². The molecule has 0 atom stereocenters. The second-order valence-corrected chi connectivity index (χ2v) is 24.5. The molecule has 20 heavy (non-hydrogen) atoms. The molecule has 122 valence electrons. The van der Waals surface area contributed by atoms with Crippen molar-refractivity contribution in [3.8, 4) is 0 Å². The monoisotopic (exact) mass is 390 g/mol. The minimum absolute atomic E-state index is 0.179. The van der Waals surface area contributed by atoms with Crippen LogP contribution in [0, 0.1) is 0 Å². The van der Waals surface area contributed by atoms with Crippen molar-refractivity contribution in [2.45, 2.75) is 8.57 Å². The molecular formula is C8H30O6Si6. The van der Waals surface area contributed by atoms with E-state index in [1.165, 1.54) is 0 Å². The van der Waals surface area contributed by atoms with Crippen molar-refractivity contribution in [3.63, 3.8) is 0 Å². The summed E-state index contributed by atoms with van der Waals surface area (Å²) in [5.74, 6) is 0. The van der Waals surface area contributed by atoms with Crippen molar-refractivity contribution in [3.05, 3.63) is 0 Å². The second-order valence-electron chi connectivity index (χ2n) is 5.16. The molecule has 0 aliphatic rings. The molecule has 0 bridgehead atoms. The van der Waals surface area contributed by atoms with E-state index in [-0.39, 0.29) is 8.57 Å². The van der Waals surface area contributed by atoms with Gasteiger partial charge in [-0.2, -0.15) is 0 Å². The minimum Gasteiger partial charge on any atom is -0.427 e. The summed E-state index contributed by atoms with van der Waals surface area (Å²) in [6.45, 7) is 0. The molecule has 0 amide bonds. The number of hydrogen-bond donors (Lipinski definition) is 0. The van der Waals surface area contributed by atoms with Crippen LogP contribution < -0.4 is 0 Å². The molecule has 6 nitrogen and oxygen atoms in total. The first-order valence-corrected chi connectivity index (χ1v) is 14.3. The first-order chi connectivity index (χ1) is 9.61. The Bertz CT molecular complexity index is 189. The first-order valence-electron chi connectivity index (χ1n) is 6.55. The highest BCUT2D eigenvalue weighted by atomic mass is 28.4. The Balaban J connectivity index is 5.62. The molecular weight excluding hydrogens is 361 g/mol. The van der Waals surface area contributed by atoms with Gasteiger partial charge in [-0.1, -0.05) is 0 Å². The van der Waals surface area contributed by atoms with Crippen molar-refractivity contribution >= 4 is 58.6 Å². The van der Waals surface area contributed by atoms with E-state index in [1.54, 1.807) is 0 Å². The Labute approximate surface area is 136 Å². The van der Waals surface area contributed by atoms with E-state index in [0.29, 0.717) is 0 Å². The van der Waals surface area contributed by atoms with E-state index in [1.807, 2.05) is 42.7 Å². The lowest BCUT2D eigenvalue weighted by Gasteiger charge is -2.47. The summed E-state index contributed by atoms with van der Waals surface area (Å²) in [5, 5.41) is 0. The highest BCUT2D eigenvalue weighted by Crippen LogP contribution is 2.48. The lowest BCUT2D eigenvalue weighted by atomic mass is 10.8. The van der Waals surface area contributed by atoms with Crippen LogP contribution in [-0.2, 0) is 26.6 Å². The highest BCUT2D eigenvalue weighted by molar-refractivity contribution is 6.88. The Hall–Kier alpha value is 1.06. The predicted octanol–water partition coefficient (Wildman–Crippen LogP) is -4.48. The van der Waals surface area contributed by atoms with Crippen LogP contribution in [0.15, 0.2) is 0 Å². The van der Waals surface area contributed by atoms with E-state index in [4.69, 9.17) is 26.6 Å². The van der Waals surface area contributed by atoms with E-state index in [0.717, 1.165) is 0 Å². The Morgan fingerprint density at radius 2 is 0.550 bits per heavy atom. The van der Waals surface area contributed by atoms with Crippen LogP contribution in [0.4, 0.5) is 0 Å². The fourth-order valence-electron chi connectivity index (χ4n) is 2.83. The summed E-state index contributed by atoms with van der Waals surface area (Å²) in [5.41, 5.74) is 0. The average molecular weight is 391 g/mol. The topological polar surface area (TPSA) is 55.4 Å². The summed E-state index contributed by atoms with van der Waals surface area (Å²) in [6.07, 6.45) is 0. The fraction of sp³-hybridized carbons (Fsp3) is 1.00. The minimum atomic E-state index is -0.721. The summed E-state index contributed by atoms with van der Waals surface area (Å²) < 4.78 is 34.6. The zero-order valence-corrected chi connectivity index (χ0v) is 22.2. The van der Waals surface area contributed by atoms with Gasteiger partial charge in [0.05, 0.1) is 0 Å². The van der Waals surface area contributed by atoms with Gasteiger partial charge in [-0.25, -0.2) is 0 Å². The van der Waals surface area contributed by atoms with E-state index < -0.39 is 58.6 Å². The van der Waals surface area contributed by atoms with Crippen LogP contribution in [0.1, 0.15) is 0 Å². The van der Waals surface area contributed by atoms with Crippen molar-refractivity contribution in [2.24, 2.45) is 0 Å². The van der Waals surface area contributed by atoms with E-state index in [9.17, 15) is 0 Å². The first kappa shape index (κ1) is 21.1. The molecule has 0 aliphatic carbocycles. The largest absolute Gasteiger partial charge is 0.427 e. The molecule has 0 rings (SSSR count). The molecule has 0 aromatic carbocycles. The van der Waals surface area contributed by atoms with Crippen LogP contribution in [0.5, 0.6) is 0 Å². The van der Waals surface area contributed by atoms with Crippen LogP contribution in [0.3, 0.4) is 0 Å². The van der Waals surface area contributed by atoms with Gasteiger partial charge >= 0.3 is 0 Å². The van der Waals surface area contributed by atoms with E-state index in [2.05, 4.69) is 0 Å². The molecule has 0 radical (unpaired) electrons. The molecule has 0 fully saturated rings. The molecule has 0 heterocycles. The van der Waals surface area contributed by atoms with Crippen molar-refractivity contribution in [2.75, 3.05) is 42.7 Å². The molecule has 0 N–H and O–H groups in total. The van der Waals surface area contributed by atoms with Gasteiger partial charge in [0, 0.05) is 51.2 Å². The lowest BCUT2D eigenvalue weighted by Crippen LogP contribution is -2.56. The third-order valence-corrected chi connectivity index (χ3v) is 25.0. The average Bonchev–Trinajstić information content (AvgIpc) is 2.40. The summed E-state index contributed by atoms with van der Waals surface area (Å²) in [7, 11) is 6.57. The molecule has 0 aromatic rings. The van der Waals surface area contributed by atoms with Gasteiger partial charge in [0.15, 0.2) is 58.6 Å². The molecule has 0 saturated heterocycles. The molecule has 0 spiro atoms. The van der Waals surface area contributed by atoms with Gasteiger partial charge in [0.25, 0.3) is 0 Å². The third-order valence-electron chi connectivity index (χ3n) is 3.65. The maximum absolute atomic E-state index is 5.71. The SMILES string of the molecule is CO[SiH2]C([SiH2]OC)([SiH2]OC)C([SiH2]OC)([SiH2]OC)[SiH2]OC. The van der Waals surface area contributed by atoms with Gasteiger partial charge in [-0.3, -0.25) is 0 Å². The Morgan fingerprint density at radius 1 is 0.400 bits per heavy atom. The van der Waals surface area contributed by atoms with Gasteiger partial charge in [-0.15, -0.1) is 0 Å². The van der Waals surface area contributed by atoms with E-state index >= 15 is 0 Å². The summed E-state index contributed by atoms with van der Waals surface area (Å²) >= 11 is 0. The van der Waals surface area contributed by atoms with Crippen LogP contribution >= 0.6 is 0 Å². The quantitative estimate of drug-likeness (QED) is 0.296. The van der Waals surface area contributed by atoms with Crippen LogP contribution in [-0.4, -0.2) is 101 Å². The van der Waals surface area contributed by atoms with Gasteiger partial charge in [0.1, 0.15) is 0 Å². The lowest BCUT2D eigenvalue weighted by molar-refractivity contribution is 0.353. The van der Waals surface area contributed by atoms with Crippen LogP contribution in [0.2, 0.25) is 8.57 Å².